The van der Waals surface area contributed by atoms with Gasteiger partial charge in [0.05, 0.1) is 77.0 Å². The fourth-order valence-corrected chi connectivity index (χ4v) is 6.10. The van der Waals surface area contributed by atoms with Crippen LogP contribution in [0.3, 0.4) is 0 Å². The van der Waals surface area contributed by atoms with Gasteiger partial charge in [0.15, 0.2) is 0 Å². The molecule has 2 atom stereocenters. The number of hydrogen-bond acceptors (Lipinski definition) is 9. The van der Waals surface area contributed by atoms with Crippen molar-refractivity contribution < 1.29 is 19.1 Å². The maximum absolute atomic E-state index is 13.3. The van der Waals surface area contributed by atoms with Crippen molar-refractivity contribution in [2.24, 2.45) is 0 Å². The molecule has 0 radical (unpaired) electrons. The summed E-state index contributed by atoms with van der Waals surface area (Å²) in [6.07, 6.45) is 7.90. The Hall–Kier alpha value is -3.81. The Balaban J connectivity index is 1.16. The van der Waals surface area contributed by atoms with Crippen LogP contribution in [0.15, 0.2) is 30.9 Å². The predicted octanol–water partition coefficient (Wildman–Crippen LogP) is 3.05. The topological polar surface area (TPSA) is 128 Å². The summed E-state index contributed by atoms with van der Waals surface area (Å²) < 4.78 is 15.1. The summed E-state index contributed by atoms with van der Waals surface area (Å²) in [6, 6.07) is 1.72. The number of carbonyl (C=O) groups is 2. The van der Waals surface area contributed by atoms with E-state index in [9.17, 15) is 9.59 Å². The third-order valence-electron chi connectivity index (χ3n) is 6.73. The van der Waals surface area contributed by atoms with Gasteiger partial charge < -0.3 is 20.1 Å². The molecule has 204 valence electrons. The van der Waals surface area contributed by atoms with Crippen LogP contribution in [0.2, 0.25) is 0 Å². The van der Waals surface area contributed by atoms with Crippen molar-refractivity contribution in [1.82, 2.24) is 29.3 Å². The van der Waals surface area contributed by atoms with Crippen molar-refractivity contribution in [2.45, 2.75) is 45.9 Å². The molecule has 0 aliphatic carbocycles. The summed E-state index contributed by atoms with van der Waals surface area (Å²) in [6.45, 7) is 8.96. The number of nitrogens with one attached hydrogen (secondary N) is 2. The first-order valence-corrected chi connectivity index (χ1v) is 13.8. The van der Waals surface area contributed by atoms with Crippen molar-refractivity contribution in [3.05, 3.63) is 42.1 Å². The van der Waals surface area contributed by atoms with E-state index in [2.05, 4.69) is 30.7 Å². The third kappa shape index (κ3) is 5.24. The Labute approximate surface area is 228 Å². The quantitative estimate of drug-likeness (QED) is 0.375. The highest BCUT2D eigenvalue weighted by Crippen LogP contribution is 2.37. The Morgan fingerprint density at radius 3 is 2.77 bits per heavy atom. The lowest BCUT2D eigenvalue weighted by Gasteiger charge is -2.34. The molecule has 12 nitrogen and oxygen atoms in total. The number of aromatic nitrogens is 5. The average molecular weight is 551 g/mol. The second-order valence-corrected chi connectivity index (χ2v) is 11.0. The second kappa shape index (κ2) is 10.4. The smallest absolute Gasteiger partial charge is 0.260 e. The van der Waals surface area contributed by atoms with Crippen molar-refractivity contribution in [2.75, 3.05) is 36.9 Å². The van der Waals surface area contributed by atoms with Gasteiger partial charge in [0.2, 0.25) is 11.8 Å². The SMILES string of the molecule is Cc1ncc(NC(=O)CN2CC(C)OC(C)C2)cc1NC(=O)c1cnn2cc(-c3cnn4c3OCCC4)sc12. The molecule has 4 aromatic rings. The van der Waals surface area contributed by atoms with Gasteiger partial charge in [-0.3, -0.25) is 19.5 Å². The molecule has 0 spiro atoms. The molecule has 13 heteroatoms. The number of hydrogen-bond donors (Lipinski definition) is 2. The molecule has 2 aliphatic heterocycles. The molecule has 0 saturated carbocycles. The van der Waals surface area contributed by atoms with Crippen LogP contribution in [0.4, 0.5) is 11.4 Å². The zero-order chi connectivity index (χ0) is 27.1. The number of carbonyl (C=O) groups excluding carboxylic acids is 2. The van der Waals surface area contributed by atoms with Crippen molar-refractivity contribution in [3.8, 4) is 16.3 Å². The zero-order valence-corrected chi connectivity index (χ0v) is 22.8. The van der Waals surface area contributed by atoms with Crippen molar-refractivity contribution in [3.63, 3.8) is 0 Å². The Kier molecular flexibility index (Phi) is 6.79. The highest BCUT2D eigenvalue weighted by atomic mass is 32.1. The summed E-state index contributed by atoms with van der Waals surface area (Å²) in [7, 11) is 0. The van der Waals surface area contributed by atoms with Crippen LogP contribution in [0.1, 0.15) is 36.3 Å². The molecule has 1 saturated heterocycles. The normalized spacial score (nSPS) is 19.5. The molecule has 39 heavy (non-hydrogen) atoms. The van der Waals surface area contributed by atoms with Gasteiger partial charge in [-0.1, -0.05) is 0 Å². The molecule has 2 aliphatic rings. The van der Waals surface area contributed by atoms with Gasteiger partial charge in [-0.05, 0) is 26.8 Å². The summed E-state index contributed by atoms with van der Waals surface area (Å²) in [5.74, 6) is 0.293. The molecule has 6 rings (SSSR count). The molecule has 2 unspecified atom stereocenters. The van der Waals surface area contributed by atoms with Gasteiger partial charge in [-0.15, -0.1) is 11.3 Å². The van der Waals surface area contributed by atoms with Crippen molar-refractivity contribution in [1.29, 1.82) is 0 Å². The van der Waals surface area contributed by atoms with E-state index in [1.54, 1.807) is 36.1 Å². The largest absolute Gasteiger partial charge is 0.477 e. The van der Waals surface area contributed by atoms with E-state index < -0.39 is 0 Å². The summed E-state index contributed by atoms with van der Waals surface area (Å²) in [5.41, 5.74) is 3.00. The molecule has 4 aromatic heterocycles. The lowest BCUT2D eigenvalue weighted by molar-refractivity contribution is -0.121. The number of amides is 2. The maximum Gasteiger partial charge on any atom is 0.260 e. The van der Waals surface area contributed by atoms with E-state index in [1.807, 2.05) is 24.7 Å². The number of aryl methyl sites for hydroxylation is 2. The fourth-order valence-electron chi connectivity index (χ4n) is 5.04. The number of anilines is 2. The molecular formula is C26H30N8O4S. The first kappa shape index (κ1) is 25.5. The third-order valence-corrected chi connectivity index (χ3v) is 7.88. The Bertz CT molecular complexity index is 1530. The van der Waals surface area contributed by atoms with E-state index in [0.29, 0.717) is 47.2 Å². The monoisotopic (exact) mass is 550 g/mol. The van der Waals surface area contributed by atoms with Crippen LogP contribution in [-0.2, 0) is 16.1 Å². The minimum atomic E-state index is -0.309. The number of ether oxygens (including phenoxy) is 2. The standard InChI is InChI=1S/C26H30N8O4S/c1-15-11-32(12-16(2)38-15)14-23(35)30-18-7-21(17(3)27-8-18)31-24(36)20-10-29-34-13-22(39-26(20)34)19-9-28-33-5-4-6-37-25(19)33/h7-10,13,15-16H,4-6,11-12,14H2,1-3H3,(H,30,35)(H,31,36). The van der Waals surface area contributed by atoms with Crippen LogP contribution in [0.5, 0.6) is 5.88 Å². The number of fused-ring (bicyclic) bond motifs is 2. The Morgan fingerprint density at radius 2 is 1.95 bits per heavy atom. The van der Waals surface area contributed by atoms with Gasteiger partial charge >= 0.3 is 0 Å². The average Bonchev–Trinajstić information content (AvgIpc) is 3.59. The molecule has 0 bridgehead atoms. The fraction of sp³-hybridized carbons (Fsp3) is 0.423. The van der Waals surface area contributed by atoms with Gasteiger partial charge in [-0.25, -0.2) is 9.20 Å². The van der Waals surface area contributed by atoms with E-state index in [0.717, 1.165) is 29.3 Å². The van der Waals surface area contributed by atoms with Crippen LogP contribution in [0.25, 0.3) is 15.3 Å². The van der Waals surface area contributed by atoms with Crippen molar-refractivity contribution >= 4 is 39.4 Å². The van der Waals surface area contributed by atoms with E-state index in [4.69, 9.17) is 9.47 Å². The number of pyridine rings is 1. The predicted molar refractivity (Wildman–Crippen MR) is 146 cm³/mol. The molecule has 2 N–H and O–H groups in total. The summed E-state index contributed by atoms with van der Waals surface area (Å²) >= 11 is 1.45. The summed E-state index contributed by atoms with van der Waals surface area (Å²) in [4.78, 5) is 34.1. The van der Waals surface area contributed by atoms with Crippen LogP contribution in [-0.4, -0.2) is 79.5 Å². The van der Waals surface area contributed by atoms with Gasteiger partial charge in [0.1, 0.15) is 4.83 Å². The Morgan fingerprint density at radius 1 is 1.13 bits per heavy atom. The number of morpholine rings is 1. The van der Waals surface area contributed by atoms with Gasteiger partial charge in [0.25, 0.3) is 5.91 Å². The molecule has 6 heterocycles. The van der Waals surface area contributed by atoms with E-state index in [-0.39, 0.29) is 30.6 Å². The van der Waals surface area contributed by atoms with Crippen LogP contribution in [0, 0.1) is 6.92 Å². The first-order valence-electron chi connectivity index (χ1n) is 13.0. The minimum absolute atomic E-state index is 0.0815. The van der Waals surface area contributed by atoms with Crippen LogP contribution < -0.4 is 15.4 Å². The maximum atomic E-state index is 13.3. The number of rotatable bonds is 6. The zero-order valence-electron chi connectivity index (χ0n) is 22.0. The highest BCUT2D eigenvalue weighted by molar-refractivity contribution is 7.21. The van der Waals surface area contributed by atoms with Gasteiger partial charge in [-0.2, -0.15) is 10.2 Å². The molecular weight excluding hydrogens is 520 g/mol. The second-order valence-electron chi connectivity index (χ2n) is 10.0. The molecule has 1 fully saturated rings. The van der Waals surface area contributed by atoms with E-state index in [1.165, 1.54) is 11.3 Å². The lowest BCUT2D eigenvalue weighted by atomic mass is 10.2. The lowest BCUT2D eigenvalue weighted by Crippen LogP contribution is -2.48. The number of nitrogens with zero attached hydrogens (tertiary/aromatic N) is 6. The highest BCUT2D eigenvalue weighted by Gasteiger charge is 2.25. The van der Waals surface area contributed by atoms with E-state index >= 15 is 0 Å². The molecule has 2 amide bonds. The summed E-state index contributed by atoms with van der Waals surface area (Å²) in [5, 5.41) is 14.6. The van der Waals surface area contributed by atoms with Crippen LogP contribution >= 0.6 is 11.3 Å². The first-order chi connectivity index (χ1) is 18.8. The number of thiazole rings is 1. The van der Waals surface area contributed by atoms with Gasteiger partial charge in [0, 0.05) is 32.3 Å². The molecule has 0 aromatic carbocycles. The minimum Gasteiger partial charge on any atom is -0.477 e.